The summed E-state index contributed by atoms with van der Waals surface area (Å²) in [6.07, 6.45) is 6.41. The lowest BCUT2D eigenvalue weighted by molar-refractivity contribution is -0.385. The van der Waals surface area contributed by atoms with Crippen LogP contribution in [0.5, 0.6) is 0 Å². The predicted molar refractivity (Wildman–Crippen MR) is 77.1 cm³/mol. The number of aromatic nitrogens is 1. The van der Waals surface area contributed by atoms with Crippen LogP contribution in [0.4, 0.5) is 5.69 Å². The van der Waals surface area contributed by atoms with E-state index in [0.717, 1.165) is 36.4 Å². The molecule has 0 spiro atoms. The lowest BCUT2D eigenvalue weighted by Crippen LogP contribution is -2.40. The van der Waals surface area contributed by atoms with E-state index in [9.17, 15) is 19.7 Å². The zero-order chi connectivity index (χ0) is 15.4. The largest absolute Gasteiger partial charge is 0.352 e. The lowest BCUT2D eigenvalue weighted by Gasteiger charge is -2.22. The Bertz CT molecular complexity index is 603. The van der Waals surface area contributed by atoms with Crippen LogP contribution in [0.3, 0.4) is 0 Å². The highest BCUT2D eigenvalue weighted by Crippen LogP contribution is 2.17. The topological polar surface area (TPSA) is 94.2 Å². The third kappa shape index (κ3) is 3.90. The van der Waals surface area contributed by atoms with Crippen molar-refractivity contribution in [1.29, 1.82) is 0 Å². The number of pyridine rings is 1. The first-order valence-electron chi connectivity index (χ1n) is 7.12. The monoisotopic (exact) mass is 293 g/mol. The second-order valence-electron chi connectivity index (χ2n) is 5.47. The fourth-order valence-corrected chi connectivity index (χ4v) is 2.66. The van der Waals surface area contributed by atoms with Crippen molar-refractivity contribution in [2.45, 2.75) is 51.6 Å². The van der Waals surface area contributed by atoms with E-state index in [1.165, 1.54) is 19.4 Å². The maximum Gasteiger partial charge on any atom is 0.286 e. The van der Waals surface area contributed by atoms with Gasteiger partial charge >= 0.3 is 0 Å². The highest BCUT2D eigenvalue weighted by Gasteiger charge is 2.17. The van der Waals surface area contributed by atoms with Gasteiger partial charge in [0.05, 0.1) is 11.1 Å². The highest BCUT2D eigenvalue weighted by atomic mass is 16.6. The zero-order valence-corrected chi connectivity index (χ0v) is 12.0. The van der Waals surface area contributed by atoms with Crippen molar-refractivity contribution in [1.82, 2.24) is 9.88 Å². The average molecular weight is 293 g/mol. The SMILES string of the molecule is Cc1cc([N+](=O)[O-])cn(CC(=O)NC2CCCCC2)c1=O. The molecule has 0 aliphatic heterocycles. The van der Waals surface area contributed by atoms with E-state index in [4.69, 9.17) is 0 Å². The maximum atomic E-state index is 12.0. The molecule has 7 heteroatoms. The molecule has 1 aromatic heterocycles. The normalized spacial score (nSPS) is 15.7. The maximum absolute atomic E-state index is 12.0. The van der Waals surface area contributed by atoms with Crippen molar-refractivity contribution in [3.05, 3.63) is 38.3 Å². The molecule has 1 heterocycles. The molecule has 1 aromatic rings. The summed E-state index contributed by atoms with van der Waals surface area (Å²) in [5.41, 5.74) is -0.299. The minimum absolute atomic E-state index is 0.154. The van der Waals surface area contributed by atoms with E-state index < -0.39 is 4.92 Å². The molecule has 0 radical (unpaired) electrons. The summed E-state index contributed by atoms with van der Waals surface area (Å²) in [6, 6.07) is 1.37. The number of carbonyl (C=O) groups excluding carboxylic acids is 1. The van der Waals surface area contributed by atoms with Crippen LogP contribution in [0.25, 0.3) is 0 Å². The summed E-state index contributed by atoms with van der Waals surface area (Å²) in [5, 5.41) is 13.7. The van der Waals surface area contributed by atoms with Gasteiger partial charge in [0.1, 0.15) is 6.54 Å². The number of nitro groups is 1. The summed E-state index contributed by atoms with van der Waals surface area (Å²) < 4.78 is 1.10. The summed E-state index contributed by atoms with van der Waals surface area (Å²) in [7, 11) is 0. The average Bonchev–Trinajstić information content (AvgIpc) is 2.44. The molecule has 0 aromatic carbocycles. The standard InChI is InChI=1S/C14H19N3O4/c1-10-7-12(17(20)21)8-16(14(10)19)9-13(18)15-11-5-3-2-4-6-11/h7-8,11H,2-6,9H2,1H3,(H,15,18). The Labute approximate surface area is 122 Å². The van der Waals surface area contributed by atoms with E-state index in [0.29, 0.717) is 0 Å². The predicted octanol–water partition coefficient (Wildman–Crippen LogP) is 1.51. The van der Waals surface area contributed by atoms with Crippen LogP contribution in [-0.4, -0.2) is 21.4 Å². The molecule has 1 fully saturated rings. The van der Waals surface area contributed by atoms with E-state index in [1.54, 1.807) is 0 Å². The van der Waals surface area contributed by atoms with Crippen LogP contribution in [0.1, 0.15) is 37.7 Å². The molecule has 1 saturated carbocycles. The minimum Gasteiger partial charge on any atom is -0.352 e. The van der Waals surface area contributed by atoms with E-state index in [2.05, 4.69) is 5.32 Å². The molecule has 1 aliphatic rings. The van der Waals surface area contributed by atoms with Crippen molar-refractivity contribution in [3.8, 4) is 0 Å². The second-order valence-corrected chi connectivity index (χ2v) is 5.47. The Morgan fingerprint density at radius 3 is 2.71 bits per heavy atom. The van der Waals surface area contributed by atoms with Gasteiger partial charge in [0.15, 0.2) is 0 Å². The van der Waals surface area contributed by atoms with Gasteiger partial charge in [-0.1, -0.05) is 19.3 Å². The summed E-state index contributed by atoms with van der Waals surface area (Å²) in [6.45, 7) is 1.32. The van der Waals surface area contributed by atoms with Crippen molar-refractivity contribution in [2.24, 2.45) is 0 Å². The van der Waals surface area contributed by atoms with Crippen LogP contribution in [0.2, 0.25) is 0 Å². The molecular weight excluding hydrogens is 274 g/mol. The number of carbonyl (C=O) groups is 1. The Hall–Kier alpha value is -2.18. The van der Waals surface area contributed by atoms with Crippen molar-refractivity contribution in [3.63, 3.8) is 0 Å². The smallest absolute Gasteiger partial charge is 0.286 e. The quantitative estimate of drug-likeness (QED) is 0.672. The Morgan fingerprint density at radius 1 is 1.43 bits per heavy atom. The lowest BCUT2D eigenvalue weighted by atomic mass is 9.95. The molecule has 7 nitrogen and oxygen atoms in total. The molecule has 21 heavy (non-hydrogen) atoms. The molecule has 0 unspecified atom stereocenters. The van der Waals surface area contributed by atoms with Gasteiger partial charge in [-0.15, -0.1) is 0 Å². The van der Waals surface area contributed by atoms with E-state index in [1.807, 2.05) is 0 Å². The molecule has 0 saturated heterocycles. The van der Waals surface area contributed by atoms with Gasteiger partial charge in [0.25, 0.3) is 11.2 Å². The molecule has 114 valence electrons. The fourth-order valence-electron chi connectivity index (χ4n) is 2.66. The minimum atomic E-state index is -0.567. The van der Waals surface area contributed by atoms with Crippen molar-refractivity contribution < 1.29 is 9.72 Å². The molecule has 1 N–H and O–H groups in total. The Kier molecular flexibility index (Phi) is 4.72. The van der Waals surface area contributed by atoms with Gasteiger partial charge < -0.3 is 5.32 Å². The first-order chi connectivity index (χ1) is 9.97. The van der Waals surface area contributed by atoms with Gasteiger partial charge in [-0.3, -0.25) is 24.3 Å². The van der Waals surface area contributed by atoms with Gasteiger partial charge in [0, 0.05) is 17.7 Å². The number of hydrogen-bond acceptors (Lipinski definition) is 4. The molecule has 1 aliphatic carbocycles. The Balaban J connectivity index is 2.09. The Morgan fingerprint density at radius 2 is 2.10 bits per heavy atom. The highest BCUT2D eigenvalue weighted by molar-refractivity contribution is 5.76. The fraction of sp³-hybridized carbons (Fsp3) is 0.571. The van der Waals surface area contributed by atoms with Gasteiger partial charge in [-0.2, -0.15) is 0 Å². The molecule has 2 rings (SSSR count). The van der Waals surface area contributed by atoms with Crippen LogP contribution < -0.4 is 10.9 Å². The number of aryl methyl sites for hydroxylation is 1. The van der Waals surface area contributed by atoms with Crippen LogP contribution in [-0.2, 0) is 11.3 Å². The first kappa shape index (κ1) is 15.2. The van der Waals surface area contributed by atoms with Gasteiger partial charge in [-0.25, -0.2) is 0 Å². The number of amides is 1. The molecular formula is C14H19N3O4. The van der Waals surface area contributed by atoms with E-state index >= 15 is 0 Å². The first-order valence-corrected chi connectivity index (χ1v) is 7.12. The molecule has 1 amide bonds. The number of hydrogen-bond donors (Lipinski definition) is 1. The van der Waals surface area contributed by atoms with E-state index in [-0.39, 0.29) is 35.3 Å². The summed E-state index contributed by atoms with van der Waals surface area (Å²) >= 11 is 0. The number of nitrogens with zero attached hydrogens (tertiary/aromatic N) is 2. The van der Waals surface area contributed by atoms with Gasteiger partial charge in [0.2, 0.25) is 5.91 Å². The van der Waals surface area contributed by atoms with Crippen LogP contribution in [0.15, 0.2) is 17.1 Å². The zero-order valence-electron chi connectivity index (χ0n) is 12.0. The third-order valence-electron chi connectivity index (χ3n) is 3.75. The summed E-state index contributed by atoms with van der Waals surface area (Å²) in [5.74, 6) is -0.274. The van der Waals surface area contributed by atoms with Crippen LogP contribution in [0, 0.1) is 17.0 Å². The van der Waals surface area contributed by atoms with Crippen molar-refractivity contribution in [2.75, 3.05) is 0 Å². The third-order valence-corrected chi connectivity index (χ3v) is 3.75. The number of rotatable bonds is 4. The second kappa shape index (κ2) is 6.51. The van der Waals surface area contributed by atoms with Crippen LogP contribution >= 0.6 is 0 Å². The molecule has 0 bridgehead atoms. The number of nitrogens with one attached hydrogen (secondary N) is 1. The van der Waals surface area contributed by atoms with Crippen molar-refractivity contribution >= 4 is 11.6 Å². The molecule has 0 atom stereocenters. The summed E-state index contributed by atoms with van der Waals surface area (Å²) in [4.78, 5) is 34.2. The van der Waals surface area contributed by atoms with Gasteiger partial charge in [-0.05, 0) is 19.8 Å².